The monoisotopic (exact) mass is 335 g/mol. The van der Waals surface area contributed by atoms with Crippen LogP contribution in [0.2, 0.25) is 0 Å². The van der Waals surface area contributed by atoms with Gasteiger partial charge in [-0.05, 0) is 13.3 Å². The van der Waals surface area contributed by atoms with Crippen LogP contribution in [0.1, 0.15) is 52.3 Å². The van der Waals surface area contributed by atoms with Gasteiger partial charge in [-0.2, -0.15) is 0 Å². The molecular weight excluding hydrogens is 318 g/mol. The Bertz CT molecular complexity index is 750. The van der Waals surface area contributed by atoms with Crippen molar-refractivity contribution in [2.45, 2.75) is 32.1 Å². The molecule has 1 aliphatic heterocycles. The molecule has 1 aromatic heterocycles. The maximum absolute atomic E-state index is 12.6. The van der Waals surface area contributed by atoms with Crippen LogP contribution in [0.4, 0.5) is 0 Å². The first-order valence-electron chi connectivity index (χ1n) is 7.36. The van der Waals surface area contributed by atoms with Gasteiger partial charge in [0.25, 0.3) is 0 Å². The number of ketones is 2. The number of fused-ring (bicyclic) bond motifs is 3. The van der Waals surface area contributed by atoms with Crippen molar-refractivity contribution in [1.29, 1.82) is 0 Å². The number of aliphatic hydroxyl groups is 1. The van der Waals surface area contributed by atoms with Gasteiger partial charge in [0.15, 0.2) is 0 Å². The maximum Gasteiger partial charge on any atom is 0.230 e. The number of hydrogen-bond acceptors (Lipinski definition) is 6. The van der Waals surface area contributed by atoms with Crippen LogP contribution in [-0.2, 0) is 11.3 Å². The van der Waals surface area contributed by atoms with Crippen molar-refractivity contribution in [2.24, 2.45) is 0 Å². The van der Waals surface area contributed by atoms with E-state index in [1.165, 1.54) is 6.92 Å². The lowest BCUT2D eigenvalue weighted by Gasteiger charge is -2.16. The van der Waals surface area contributed by atoms with Gasteiger partial charge in [-0.3, -0.25) is 14.4 Å². The number of carbonyl (C=O) groups is 3. The first-order chi connectivity index (χ1) is 11.0. The zero-order chi connectivity index (χ0) is 16.7. The van der Waals surface area contributed by atoms with E-state index in [1.54, 1.807) is 23.3 Å². The Kier molecular flexibility index (Phi) is 4.11. The predicted octanol–water partition coefficient (Wildman–Crippen LogP) is 0.843. The molecule has 122 valence electrons. The molecule has 3 rings (SSSR count). The molecule has 2 N–H and O–H groups in total. The van der Waals surface area contributed by atoms with Crippen molar-refractivity contribution in [2.75, 3.05) is 12.4 Å². The highest BCUT2D eigenvalue weighted by Gasteiger charge is 2.39. The van der Waals surface area contributed by atoms with E-state index in [1.807, 2.05) is 0 Å². The number of imidazole rings is 1. The lowest BCUT2D eigenvalue weighted by atomic mass is 9.95. The van der Waals surface area contributed by atoms with Crippen molar-refractivity contribution in [3.63, 3.8) is 0 Å². The first kappa shape index (κ1) is 15.9. The van der Waals surface area contributed by atoms with Crippen LogP contribution in [0.3, 0.4) is 0 Å². The number of rotatable bonds is 4. The number of aromatic nitrogens is 2. The molecule has 1 aliphatic carbocycles. The van der Waals surface area contributed by atoms with Crippen LogP contribution in [0.5, 0.6) is 0 Å². The van der Waals surface area contributed by atoms with Gasteiger partial charge in [-0.15, -0.1) is 11.8 Å². The molecule has 23 heavy (non-hydrogen) atoms. The van der Waals surface area contributed by atoms with Crippen LogP contribution >= 0.6 is 11.8 Å². The fraction of sp³-hybridized carbons (Fsp3) is 0.467. The molecule has 2 aliphatic rings. The van der Waals surface area contributed by atoms with E-state index < -0.39 is 11.7 Å². The van der Waals surface area contributed by atoms with E-state index in [2.05, 4.69) is 10.3 Å². The summed E-state index contributed by atoms with van der Waals surface area (Å²) in [5.74, 6) is 0.201. The van der Waals surface area contributed by atoms with Crippen molar-refractivity contribution in [3.8, 4) is 0 Å². The molecule has 0 bridgehead atoms. The van der Waals surface area contributed by atoms with Gasteiger partial charge >= 0.3 is 0 Å². The number of Topliss-reactive ketones (excluding diaryl/α,β-unsaturated/α-hetero) is 2. The number of nitrogens with zero attached hydrogens (tertiary/aromatic N) is 2. The van der Waals surface area contributed by atoms with E-state index in [9.17, 15) is 14.4 Å². The minimum atomic E-state index is -0.417. The smallest absolute Gasteiger partial charge is 0.230 e. The molecular formula is C15H17N3O4S. The Morgan fingerprint density at radius 2 is 2.17 bits per heavy atom. The number of amides is 1. The van der Waals surface area contributed by atoms with Gasteiger partial charge in [-0.25, -0.2) is 4.98 Å². The van der Waals surface area contributed by atoms with E-state index in [-0.39, 0.29) is 34.6 Å². The van der Waals surface area contributed by atoms with Crippen molar-refractivity contribution in [3.05, 3.63) is 28.5 Å². The van der Waals surface area contributed by atoms with Gasteiger partial charge in [0, 0.05) is 24.8 Å². The molecule has 8 heteroatoms. The highest BCUT2D eigenvalue weighted by molar-refractivity contribution is 7.99. The molecule has 0 saturated carbocycles. The second kappa shape index (κ2) is 5.93. The summed E-state index contributed by atoms with van der Waals surface area (Å²) in [6.07, 6.45) is 0.822. The third-order valence-corrected chi connectivity index (χ3v) is 5.25. The fourth-order valence-electron chi connectivity index (χ4n) is 2.97. The second-order valence-corrected chi connectivity index (χ2v) is 6.84. The van der Waals surface area contributed by atoms with Crippen LogP contribution in [0.15, 0.2) is 11.3 Å². The second-order valence-electron chi connectivity index (χ2n) is 5.53. The van der Waals surface area contributed by atoms with E-state index in [4.69, 9.17) is 5.11 Å². The Hall–Kier alpha value is -1.93. The highest BCUT2D eigenvalue weighted by Crippen LogP contribution is 2.40. The van der Waals surface area contributed by atoms with E-state index in [0.29, 0.717) is 23.8 Å². The lowest BCUT2D eigenvalue weighted by Crippen LogP contribution is -2.33. The van der Waals surface area contributed by atoms with Gasteiger partial charge in [0.2, 0.25) is 17.5 Å². The summed E-state index contributed by atoms with van der Waals surface area (Å²) in [6.45, 7) is 3.54. The summed E-state index contributed by atoms with van der Waals surface area (Å²) in [6, 6.07) is 0. The SMILES string of the molecule is CC(=O)NC1=C(C)C(=O)c2c(nc3n2CCC3SCCO)C1=O. The number of thioether (sulfide) groups is 1. The topological polar surface area (TPSA) is 101 Å². The van der Waals surface area contributed by atoms with Gasteiger partial charge < -0.3 is 15.0 Å². The Morgan fingerprint density at radius 3 is 2.83 bits per heavy atom. The van der Waals surface area contributed by atoms with Crippen LogP contribution in [0, 0.1) is 0 Å². The molecule has 7 nitrogen and oxygen atoms in total. The highest BCUT2D eigenvalue weighted by atomic mass is 32.2. The largest absolute Gasteiger partial charge is 0.396 e. The summed E-state index contributed by atoms with van der Waals surface area (Å²) in [5, 5.41) is 11.5. The average molecular weight is 335 g/mol. The third kappa shape index (κ3) is 2.51. The average Bonchev–Trinajstić information content (AvgIpc) is 3.06. The maximum atomic E-state index is 12.6. The van der Waals surface area contributed by atoms with Gasteiger partial charge in [-0.1, -0.05) is 0 Å². The van der Waals surface area contributed by atoms with Gasteiger partial charge in [0.05, 0.1) is 17.6 Å². The predicted molar refractivity (Wildman–Crippen MR) is 84.3 cm³/mol. The molecule has 1 aromatic rings. The van der Waals surface area contributed by atoms with Crippen LogP contribution in [-0.4, -0.2) is 44.5 Å². The first-order valence-corrected chi connectivity index (χ1v) is 8.41. The van der Waals surface area contributed by atoms with Crippen molar-refractivity contribution >= 4 is 29.2 Å². The molecule has 1 atom stereocenters. The summed E-state index contributed by atoms with van der Waals surface area (Å²) >= 11 is 1.57. The number of allylic oxidation sites excluding steroid dienone is 2. The fourth-order valence-corrected chi connectivity index (χ4v) is 3.96. The summed E-state index contributed by atoms with van der Waals surface area (Å²) in [7, 11) is 0. The van der Waals surface area contributed by atoms with E-state index >= 15 is 0 Å². The number of carbonyl (C=O) groups excluding carboxylic acids is 3. The molecule has 2 heterocycles. The number of aliphatic hydroxyl groups excluding tert-OH is 1. The van der Waals surface area contributed by atoms with Crippen LogP contribution < -0.4 is 5.32 Å². The Morgan fingerprint density at radius 1 is 1.43 bits per heavy atom. The lowest BCUT2D eigenvalue weighted by molar-refractivity contribution is -0.118. The normalized spacial score (nSPS) is 19.9. The minimum Gasteiger partial charge on any atom is -0.396 e. The zero-order valence-corrected chi connectivity index (χ0v) is 13.7. The zero-order valence-electron chi connectivity index (χ0n) is 12.9. The Balaban J connectivity index is 2.02. The summed E-state index contributed by atoms with van der Waals surface area (Å²) in [5.41, 5.74) is 0.704. The molecule has 1 amide bonds. The quantitative estimate of drug-likeness (QED) is 0.846. The standard InChI is InChI=1S/C15H17N3O4S/c1-7-10(16-8(2)20)14(22)11-12(13(7)21)18-4-3-9(15(18)17-11)23-6-5-19/h9,19H,3-6H2,1-2H3,(H,16,20). The molecule has 0 saturated heterocycles. The summed E-state index contributed by atoms with van der Waals surface area (Å²) < 4.78 is 1.80. The molecule has 1 unspecified atom stereocenters. The molecule has 0 spiro atoms. The van der Waals surface area contributed by atoms with Crippen molar-refractivity contribution in [1.82, 2.24) is 14.9 Å². The number of nitrogens with one attached hydrogen (secondary N) is 1. The Labute approximate surface area is 137 Å². The van der Waals surface area contributed by atoms with E-state index in [0.717, 1.165) is 6.42 Å². The number of hydrogen-bond donors (Lipinski definition) is 2. The molecule has 0 aromatic carbocycles. The van der Waals surface area contributed by atoms with Crippen LogP contribution in [0.25, 0.3) is 0 Å². The summed E-state index contributed by atoms with van der Waals surface area (Å²) in [4.78, 5) is 40.9. The van der Waals surface area contributed by atoms with Crippen molar-refractivity contribution < 1.29 is 19.5 Å². The van der Waals surface area contributed by atoms with Gasteiger partial charge in [0.1, 0.15) is 17.2 Å². The molecule has 0 fully saturated rings. The minimum absolute atomic E-state index is 0.0198. The third-order valence-electron chi connectivity index (χ3n) is 3.98. The molecule has 0 radical (unpaired) electrons.